The quantitative estimate of drug-likeness (QED) is 0.375. The molecule has 2 heterocycles. The third-order valence-corrected chi connectivity index (χ3v) is 6.09. The lowest BCUT2D eigenvalue weighted by Crippen LogP contribution is -2.45. The Labute approximate surface area is 215 Å². The first-order valence-electron chi connectivity index (χ1n) is 11.6. The largest absolute Gasteiger partial charge is 0.495 e. The molecule has 1 aromatic carbocycles. The van der Waals surface area contributed by atoms with Gasteiger partial charge in [-0.15, -0.1) is 0 Å². The summed E-state index contributed by atoms with van der Waals surface area (Å²) in [6.45, 7) is 7.88. The minimum absolute atomic E-state index is 0.0897. The normalized spacial score (nSPS) is 12.7. The number of hydrogen-bond donors (Lipinski definition) is 2. The van der Waals surface area contributed by atoms with Gasteiger partial charge in [0.25, 0.3) is 5.91 Å². The van der Waals surface area contributed by atoms with Crippen LogP contribution in [-0.2, 0) is 9.53 Å². The van der Waals surface area contributed by atoms with Crippen molar-refractivity contribution in [1.29, 1.82) is 0 Å². The summed E-state index contributed by atoms with van der Waals surface area (Å²) < 4.78 is 12.2. The standard InChI is InChI=1S/C25H31ClN6O4/c1-7-15(4)21(24(34)36-6)30-23(33)16-8-9-19(20(10-16)35-5)29-25-27-12-18(26)22(31-25)17-11-28-32(13-17)14(2)3/h8-15,21H,7H2,1-6H3,(H,30,33)(H,27,29,31)/t15-,21-/m0/s1. The van der Waals surface area contributed by atoms with Crippen LogP contribution in [0.3, 0.4) is 0 Å². The SMILES string of the molecule is CC[C@H](C)[C@H](NC(=O)c1ccc(Nc2ncc(Cl)c(-c3cnn(C(C)C)c3)n2)c(OC)c1)C(=O)OC. The molecule has 2 atom stereocenters. The minimum Gasteiger partial charge on any atom is -0.495 e. The van der Waals surface area contributed by atoms with Crippen molar-refractivity contribution in [3.05, 3.63) is 47.4 Å². The number of amides is 1. The second kappa shape index (κ2) is 11.9. The van der Waals surface area contributed by atoms with Gasteiger partial charge in [0.2, 0.25) is 5.95 Å². The highest BCUT2D eigenvalue weighted by atomic mass is 35.5. The number of benzene rings is 1. The number of rotatable bonds is 10. The number of ether oxygens (including phenoxy) is 2. The molecule has 0 bridgehead atoms. The van der Waals surface area contributed by atoms with Crippen LogP contribution < -0.4 is 15.4 Å². The van der Waals surface area contributed by atoms with Crippen molar-refractivity contribution < 1.29 is 19.1 Å². The highest BCUT2D eigenvalue weighted by Crippen LogP contribution is 2.31. The summed E-state index contributed by atoms with van der Waals surface area (Å²) in [5.41, 5.74) is 2.18. The van der Waals surface area contributed by atoms with Crippen molar-refractivity contribution in [1.82, 2.24) is 25.1 Å². The van der Waals surface area contributed by atoms with Gasteiger partial charge in [0.1, 0.15) is 11.8 Å². The van der Waals surface area contributed by atoms with Crippen LogP contribution in [0.25, 0.3) is 11.3 Å². The van der Waals surface area contributed by atoms with E-state index in [9.17, 15) is 9.59 Å². The first-order chi connectivity index (χ1) is 17.2. The van der Waals surface area contributed by atoms with E-state index < -0.39 is 17.9 Å². The number of methoxy groups -OCH3 is 2. The number of anilines is 2. The summed E-state index contributed by atoms with van der Waals surface area (Å²) in [5.74, 6) is -0.299. The zero-order valence-corrected chi connectivity index (χ0v) is 22.0. The average Bonchev–Trinajstić information content (AvgIpc) is 3.38. The Kier molecular flexibility index (Phi) is 8.87. The number of hydrogen-bond acceptors (Lipinski definition) is 8. The summed E-state index contributed by atoms with van der Waals surface area (Å²) in [4.78, 5) is 33.8. The van der Waals surface area contributed by atoms with Gasteiger partial charge in [-0.05, 0) is 38.0 Å². The lowest BCUT2D eigenvalue weighted by atomic mass is 9.98. The van der Waals surface area contributed by atoms with Crippen LogP contribution in [0.5, 0.6) is 5.75 Å². The van der Waals surface area contributed by atoms with Crippen molar-refractivity contribution in [2.24, 2.45) is 5.92 Å². The maximum atomic E-state index is 12.9. The van der Waals surface area contributed by atoms with Gasteiger partial charge in [0.05, 0.1) is 43.0 Å². The summed E-state index contributed by atoms with van der Waals surface area (Å²) in [7, 11) is 2.79. The molecule has 0 unspecified atom stereocenters. The number of aromatic nitrogens is 4. The highest BCUT2D eigenvalue weighted by molar-refractivity contribution is 6.32. The molecule has 10 nitrogen and oxygen atoms in total. The number of carbonyl (C=O) groups is 2. The van der Waals surface area contributed by atoms with Crippen LogP contribution in [0.2, 0.25) is 5.02 Å². The molecule has 0 aliphatic carbocycles. The lowest BCUT2D eigenvalue weighted by Gasteiger charge is -2.22. The first-order valence-corrected chi connectivity index (χ1v) is 12.0. The third kappa shape index (κ3) is 6.12. The Balaban J connectivity index is 1.83. The number of carbonyl (C=O) groups excluding carboxylic acids is 2. The third-order valence-electron chi connectivity index (χ3n) is 5.81. The zero-order valence-electron chi connectivity index (χ0n) is 21.2. The Hall–Kier alpha value is -3.66. The maximum Gasteiger partial charge on any atom is 0.328 e. The van der Waals surface area contributed by atoms with Crippen LogP contribution in [-0.4, -0.2) is 51.9 Å². The van der Waals surface area contributed by atoms with E-state index >= 15 is 0 Å². The predicted octanol–water partition coefficient (Wildman–Crippen LogP) is 4.64. The fraction of sp³-hybridized carbons (Fsp3) is 0.400. The van der Waals surface area contributed by atoms with Crippen molar-refractivity contribution in [2.75, 3.05) is 19.5 Å². The van der Waals surface area contributed by atoms with E-state index in [1.54, 1.807) is 24.4 Å². The Morgan fingerprint density at radius 3 is 2.53 bits per heavy atom. The fourth-order valence-corrected chi connectivity index (χ4v) is 3.65. The van der Waals surface area contributed by atoms with Gasteiger partial charge in [-0.25, -0.2) is 14.8 Å². The Bertz CT molecular complexity index is 1230. The van der Waals surface area contributed by atoms with Crippen LogP contribution in [0, 0.1) is 5.92 Å². The van der Waals surface area contributed by atoms with Gasteiger partial charge in [-0.1, -0.05) is 31.9 Å². The van der Waals surface area contributed by atoms with Crippen LogP contribution in [0.4, 0.5) is 11.6 Å². The van der Waals surface area contributed by atoms with Gasteiger partial charge >= 0.3 is 5.97 Å². The molecule has 36 heavy (non-hydrogen) atoms. The molecule has 1 amide bonds. The lowest BCUT2D eigenvalue weighted by molar-refractivity contribution is -0.144. The van der Waals surface area contributed by atoms with E-state index in [2.05, 4.69) is 25.7 Å². The molecule has 2 aromatic heterocycles. The highest BCUT2D eigenvalue weighted by Gasteiger charge is 2.27. The Morgan fingerprint density at radius 1 is 1.17 bits per heavy atom. The van der Waals surface area contributed by atoms with Gasteiger partial charge in [0, 0.05) is 23.4 Å². The van der Waals surface area contributed by atoms with Gasteiger partial charge in [-0.2, -0.15) is 5.10 Å². The Morgan fingerprint density at radius 2 is 1.92 bits per heavy atom. The van der Waals surface area contributed by atoms with E-state index in [1.165, 1.54) is 20.4 Å². The molecule has 0 saturated heterocycles. The number of esters is 1. The number of nitrogens with one attached hydrogen (secondary N) is 2. The van der Waals surface area contributed by atoms with E-state index in [-0.39, 0.29) is 12.0 Å². The second-order valence-electron chi connectivity index (χ2n) is 8.59. The van der Waals surface area contributed by atoms with Crippen LogP contribution >= 0.6 is 11.6 Å². The van der Waals surface area contributed by atoms with Gasteiger partial charge in [-0.3, -0.25) is 9.48 Å². The number of halogens is 1. The molecule has 0 aliphatic rings. The molecule has 0 spiro atoms. The van der Waals surface area contributed by atoms with Crippen molar-refractivity contribution in [3.8, 4) is 17.0 Å². The first kappa shape index (κ1) is 26.9. The van der Waals surface area contributed by atoms with Crippen molar-refractivity contribution in [2.45, 2.75) is 46.2 Å². The van der Waals surface area contributed by atoms with E-state index in [0.717, 1.165) is 5.56 Å². The molecule has 11 heteroatoms. The number of nitrogens with zero attached hydrogens (tertiary/aromatic N) is 4. The predicted molar refractivity (Wildman–Crippen MR) is 138 cm³/mol. The molecule has 0 fully saturated rings. The summed E-state index contributed by atoms with van der Waals surface area (Å²) >= 11 is 6.35. The second-order valence-corrected chi connectivity index (χ2v) is 9.00. The molecule has 2 N–H and O–H groups in total. The van der Waals surface area contributed by atoms with Crippen molar-refractivity contribution in [3.63, 3.8) is 0 Å². The van der Waals surface area contributed by atoms with E-state index in [1.807, 2.05) is 38.6 Å². The van der Waals surface area contributed by atoms with Crippen LogP contribution in [0.1, 0.15) is 50.5 Å². The molecule has 3 aromatic rings. The minimum atomic E-state index is -0.753. The fourth-order valence-electron chi connectivity index (χ4n) is 3.45. The molecule has 0 aliphatic heterocycles. The molecular weight excluding hydrogens is 484 g/mol. The average molecular weight is 515 g/mol. The molecule has 0 radical (unpaired) electrons. The molecule has 192 valence electrons. The van der Waals surface area contributed by atoms with E-state index in [0.29, 0.717) is 40.1 Å². The summed E-state index contributed by atoms with van der Waals surface area (Å²) in [5, 5.41) is 10.6. The molecule has 3 rings (SSSR count). The zero-order chi connectivity index (χ0) is 26.4. The molecular formula is C25H31ClN6O4. The van der Waals surface area contributed by atoms with Crippen LogP contribution in [0.15, 0.2) is 36.8 Å². The van der Waals surface area contributed by atoms with E-state index in [4.69, 9.17) is 21.1 Å². The summed E-state index contributed by atoms with van der Waals surface area (Å²) in [6, 6.07) is 4.32. The summed E-state index contributed by atoms with van der Waals surface area (Å²) in [6.07, 6.45) is 5.78. The van der Waals surface area contributed by atoms with Crippen molar-refractivity contribution >= 4 is 35.1 Å². The smallest absolute Gasteiger partial charge is 0.328 e. The monoisotopic (exact) mass is 514 g/mol. The maximum absolute atomic E-state index is 12.9. The topological polar surface area (TPSA) is 120 Å². The molecule has 0 saturated carbocycles. The van der Waals surface area contributed by atoms with Gasteiger partial charge in [0.15, 0.2) is 0 Å². The van der Waals surface area contributed by atoms with Gasteiger partial charge < -0.3 is 20.1 Å².